The summed E-state index contributed by atoms with van der Waals surface area (Å²) in [5, 5.41) is -0.162. The molecule has 0 aliphatic carbocycles. The Morgan fingerprint density at radius 3 is 2.22 bits per heavy atom. The van der Waals surface area contributed by atoms with Gasteiger partial charge in [0, 0.05) is 17.2 Å². The number of benzene rings is 1. The molecule has 0 amide bonds. The summed E-state index contributed by atoms with van der Waals surface area (Å²) in [6.45, 7) is 5.69. The number of pyridine rings is 1. The number of rotatable bonds is 0. The molecule has 0 radical (unpaired) electrons. The highest BCUT2D eigenvalue weighted by Crippen LogP contribution is 2.32. The molecule has 0 saturated carbocycles. The third kappa shape index (κ3) is 2.05. The highest BCUT2D eigenvalue weighted by atomic mass is 35.5. The molecule has 1 aromatic heterocycles. The van der Waals surface area contributed by atoms with Crippen LogP contribution in [-0.2, 0) is 5.41 Å². The highest BCUT2D eigenvalue weighted by molar-refractivity contribution is 6.35. The molecule has 0 saturated heterocycles. The summed E-state index contributed by atoms with van der Waals surface area (Å²) in [6, 6.07) is 2.33. The molecule has 0 atom stereocenters. The molecule has 1 heterocycles. The predicted molar refractivity (Wildman–Crippen MR) is 65.3 cm³/mol. The van der Waals surface area contributed by atoms with Gasteiger partial charge in [0.05, 0.1) is 15.9 Å². The maximum atomic E-state index is 13.6. The first-order chi connectivity index (χ1) is 8.21. The molecule has 96 valence electrons. The average Bonchev–Trinajstić information content (AvgIpc) is 2.23. The van der Waals surface area contributed by atoms with Crippen molar-refractivity contribution in [2.75, 3.05) is 0 Å². The fraction of sp³-hybridized carbons (Fsp3) is 0.308. The third-order valence-corrected chi connectivity index (χ3v) is 2.95. The van der Waals surface area contributed by atoms with Crippen LogP contribution in [0.4, 0.5) is 13.2 Å². The van der Waals surface area contributed by atoms with Crippen molar-refractivity contribution in [3.05, 3.63) is 40.3 Å². The van der Waals surface area contributed by atoms with Crippen LogP contribution < -0.4 is 0 Å². The first-order valence-electron chi connectivity index (χ1n) is 5.36. The van der Waals surface area contributed by atoms with Crippen LogP contribution in [0.2, 0.25) is 5.02 Å². The van der Waals surface area contributed by atoms with E-state index in [2.05, 4.69) is 4.98 Å². The summed E-state index contributed by atoms with van der Waals surface area (Å²) < 4.78 is 39.9. The summed E-state index contributed by atoms with van der Waals surface area (Å²) in [4.78, 5) is 4.14. The van der Waals surface area contributed by atoms with Gasteiger partial charge in [-0.05, 0) is 6.07 Å². The molecule has 0 unspecified atom stereocenters. The van der Waals surface area contributed by atoms with E-state index in [1.807, 2.05) is 20.8 Å². The number of hydrogen-bond acceptors (Lipinski definition) is 1. The minimum absolute atomic E-state index is 0.0174. The molecule has 1 aromatic carbocycles. The van der Waals surface area contributed by atoms with Crippen molar-refractivity contribution in [2.24, 2.45) is 0 Å². The van der Waals surface area contributed by atoms with Crippen molar-refractivity contribution in [1.82, 2.24) is 4.98 Å². The monoisotopic (exact) mass is 273 g/mol. The lowest BCUT2D eigenvalue weighted by Crippen LogP contribution is -2.14. The fourth-order valence-electron chi connectivity index (χ4n) is 1.64. The molecule has 18 heavy (non-hydrogen) atoms. The second-order valence-electron chi connectivity index (χ2n) is 5.12. The van der Waals surface area contributed by atoms with E-state index in [0.29, 0.717) is 5.69 Å². The van der Waals surface area contributed by atoms with Crippen LogP contribution >= 0.6 is 11.6 Å². The molecule has 0 bridgehead atoms. The standard InChI is InChI=1S/C13H11ClF3N/c1-13(2,3)9-4-6(14)10-8(18-9)5-7(15)11(16)12(10)17/h4-5H,1-3H3. The molecule has 0 N–H and O–H groups in total. The van der Waals surface area contributed by atoms with Crippen molar-refractivity contribution in [3.63, 3.8) is 0 Å². The van der Waals surface area contributed by atoms with E-state index in [1.165, 1.54) is 6.07 Å². The lowest BCUT2D eigenvalue weighted by molar-refractivity contribution is 0.453. The smallest absolute Gasteiger partial charge is 0.195 e. The molecule has 0 spiro atoms. The van der Waals surface area contributed by atoms with E-state index in [0.717, 1.165) is 6.07 Å². The van der Waals surface area contributed by atoms with Gasteiger partial charge in [-0.2, -0.15) is 0 Å². The first-order valence-corrected chi connectivity index (χ1v) is 5.74. The summed E-state index contributed by atoms with van der Waals surface area (Å²) in [5.74, 6) is -4.10. The number of aromatic nitrogens is 1. The zero-order valence-electron chi connectivity index (χ0n) is 10.1. The number of fused-ring (bicyclic) bond motifs is 1. The van der Waals surface area contributed by atoms with Crippen molar-refractivity contribution in [3.8, 4) is 0 Å². The minimum atomic E-state index is -1.53. The topological polar surface area (TPSA) is 12.9 Å². The van der Waals surface area contributed by atoms with Gasteiger partial charge >= 0.3 is 0 Å². The van der Waals surface area contributed by atoms with Gasteiger partial charge in [0.25, 0.3) is 0 Å². The normalized spacial score (nSPS) is 12.2. The maximum absolute atomic E-state index is 13.6. The van der Waals surface area contributed by atoms with Gasteiger partial charge in [-0.1, -0.05) is 32.4 Å². The number of hydrogen-bond donors (Lipinski definition) is 0. The highest BCUT2D eigenvalue weighted by Gasteiger charge is 2.21. The van der Waals surface area contributed by atoms with Crippen molar-refractivity contribution in [2.45, 2.75) is 26.2 Å². The summed E-state index contributed by atoms with van der Waals surface area (Å²) in [5.41, 5.74) is 0.286. The molecule has 0 aliphatic heterocycles. The van der Waals surface area contributed by atoms with E-state index >= 15 is 0 Å². The second-order valence-corrected chi connectivity index (χ2v) is 5.53. The Bertz CT molecular complexity index is 632. The van der Waals surface area contributed by atoms with Crippen molar-refractivity contribution in [1.29, 1.82) is 0 Å². The number of halogens is 4. The SMILES string of the molecule is CC(C)(C)c1cc(Cl)c2c(F)c(F)c(F)cc2n1. The Hall–Kier alpha value is -1.29. The third-order valence-electron chi connectivity index (χ3n) is 2.65. The lowest BCUT2D eigenvalue weighted by Gasteiger charge is -2.19. The minimum Gasteiger partial charge on any atom is -0.252 e. The van der Waals surface area contributed by atoms with Gasteiger partial charge < -0.3 is 0 Å². The molecule has 0 fully saturated rings. The Morgan fingerprint density at radius 2 is 1.67 bits per heavy atom. The van der Waals surface area contributed by atoms with E-state index in [4.69, 9.17) is 11.6 Å². The fourth-order valence-corrected chi connectivity index (χ4v) is 1.92. The lowest BCUT2D eigenvalue weighted by atomic mass is 9.91. The van der Waals surface area contributed by atoms with E-state index in [9.17, 15) is 13.2 Å². The van der Waals surface area contributed by atoms with Gasteiger partial charge in [0.15, 0.2) is 17.5 Å². The average molecular weight is 274 g/mol. The number of nitrogens with zero attached hydrogens (tertiary/aromatic N) is 1. The van der Waals surface area contributed by atoms with Crippen LogP contribution in [0.25, 0.3) is 10.9 Å². The second kappa shape index (κ2) is 4.12. The van der Waals surface area contributed by atoms with E-state index < -0.39 is 17.5 Å². The Kier molecular flexibility index (Phi) is 3.01. The van der Waals surface area contributed by atoms with Gasteiger partial charge in [-0.15, -0.1) is 0 Å². The maximum Gasteiger partial charge on any atom is 0.195 e. The Balaban J connectivity index is 2.87. The quantitative estimate of drug-likeness (QED) is 0.639. The molecule has 2 aromatic rings. The molecular formula is C13H11ClF3N. The van der Waals surface area contributed by atoms with Crippen LogP contribution in [0, 0.1) is 17.5 Å². The largest absolute Gasteiger partial charge is 0.252 e. The summed E-state index contributed by atoms with van der Waals surface area (Å²) in [6.07, 6.45) is 0. The van der Waals surface area contributed by atoms with Crippen LogP contribution in [0.3, 0.4) is 0 Å². The Morgan fingerprint density at radius 1 is 1.06 bits per heavy atom. The molecule has 2 rings (SSSR count). The summed E-state index contributed by atoms with van der Waals surface area (Å²) in [7, 11) is 0. The van der Waals surface area contributed by atoms with Crippen molar-refractivity contribution < 1.29 is 13.2 Å². The van der Waals surface area contributed by atoms with Gasteiger partial charge in [-0.3, -0.25) is 4.98 Å². The Labute approximate surface area is 108 Å². The van der Waals surface area contributed by atoms with Gasteiger partial charge in [0.2, 0.25) is 0 Å². The first kappa shape index (κ1) is 13.1. The molecule has 0 aliphatic rings. The van der Waals surface area contributed by atoms with E-state index in [-0.39, 0.29) is 21.3 Å². The van der Waals surface area contributed by atoms with E-state index in [1.54, 1.807) is 0 Å². The summed E-state index contributed by atoms with van der Waals surface area (Å²) >= 11 is 5.93. The van der Waals surface area contributed by atoms with Crippen LogP contribution in [0.15, 0.2) is 12.1 Å². The predicted octanol–water partition coefficient (Wildman–Crippen LogP) is 4.60. The van der Waals surface area contributed by atoms with Crippen LogP contribution in [0.1, 0.15) is 26.5 Å². The van der Waals surface area contributed by atoms with Crippen molar-refractivity contribution >= 4 is 22.5 Å². The molecule has 5 heteroatoms. The zero-order valence-corrected chi connectivity index (χ0v) is 10.9. The van der Waals surface area contributed by atoms with Crippen LogP contribution in [-0.4, -0.2) is 4.98 Å². The van der Waals surface area contributed by atoms with Gasteiger partial charge in [-0.25, -0.2) is 13.2 Å². The molecule has 1 nitrogen and oxygen atoms in total. The molecular weight excluding hydrogens is 263 g/mol. The van der Waals surface area contributed by atoms with Gasteiger partial charge in [0.1, 0.15) is 0 Å². The zero-order chi connectivity index (χ0) is 13.7. The van der Waals surface area contributed by atoms with Crippen LogP contribution in [0.5, 0.6) is 0 Å².